The maximum absolute atomic E-state index is 12.6. The normalized spacial score (nSPS) is 53.9. The Morgan fingerprint density at radius 2 is 1.49 bits per heavy atom. The first-order valence-electron chi connectivity index (χ1n) is 21.7. The smallest absolute Gasteiger partial charge is 0.331 e. The number of hydrogen-bond donors (Lipinski definition) is 8. The number of carbonyl (C=O) groups is 1. The van der Waals surface area contributed by atoms with Gasteiger partial charge in [0.15, 0.2) is 18.9 Å². The lowest BCUT2D eigenvalue weighted by Crippen LogP contribution is -2.63. The van der Waals surface area contributed by atoms with Crippen LogP contribution in [-0.2, 0) is 42.7 Å². The second-order valence-corrected chi connectivity index (χ2v) is 19.3. The number of carbonyl (C=O) groups excluding carboxylic acids is 1. The van der Waals surface area contributed by atoms with Crippen molar-refractivity contribution in [3.8, 4) is 0 Å². The van der Waals surface area contributed by atoms with Gasteiger partial charge in [0.1, 0.15) is 61.5 Å². The second kappa shape index (κ2) is 17.0. The third-order valence-corrected chi connectivity index (χ3v) is 16.4. The summed E-state index contributed by atoms with van der Waals surface area (Å²) in [6.07, 6.45) is -7.54. The van der Waals surface area contributed by atoms with Crippen molar-refractivity contribution in [2.75, 3.05) is 26.9 Å². The largest absolute Gasteiger partial charge is 0.458 e. The molecule has 0 amide bonds. The van der Waals surface area contributed by atoms with E-state index in [0.29, 0.717) is 24.9 Å². The van der Waals surface area contributed by atoms with Crippen LogP contribution in [0.1, 0.15) is 85.0 Å². The number of esters is 1. The molecule has 8 rings (SSSR count). The molecular formula is C42H66O17. The number of fused-ring (bicyclic) bond motifs is 5. The van der Waals surface area contributed by atoms with Gasteiger partial charge in [-0.15, -0.1) is 0 Å². The molecule has 0 spiro atoms. The summed E-state index contributed by atoms with van der Waals surface area (Å²) in [6.45, 7) is 5.69. The van der Waals surface area contributed by atoms with Gasteiger partial charge in [-0.1, -0.05) is 13.8 Å². The molecule has 4 saturated carbocycles. The fraction of sp³-hybridized carbons (Fsp3) is 0.929. The van der Waals surface area contributed by atoms with E-state index in [4.69, 9.17) is 37.9 Å². The Morgan fingerprint density at radius 1 is 0.780 bits per heavy atom. The van der Waals surface area contributed by atoms with Crippen LogP contribution in [0.5, 0.6) is 0 Å². The van der Waals surface area contributed by atoms with Crippen molar-refractivity contribution in [2.24, 2.45) is 34.5 Å². The summed E-state index contributed by atoms with van der Waals surface area (Å²) < 4.78 is 47.2. The Labute approximate surface area is 344 Å². The Morgan fingerprint density at radius 3 is 2.19 bits per heavy atom. The van der Waals surface area contributed by atoms with Crippen molar-refractivity contribution >= 4 is 5.97 Å². The summed E-state index contributed by atoms with van der Waals surface area (Å²) in [7, 11) is 1.54. The van der Waals surface area contributed by atoms with E-state index in [1.165, 1.54) is 0 Å². The molecule has 0 radical (unpaired) electrons. The van der Waals surface area contributed by atoms with E-state index in [1.54, 1.807) is 20.1 Å². The molecule has 3 saturated heterocycles. The third-order valence-electron chi connectivity index (χ3n) is 16.4. The predicted molar refractivity (Wildman–Crippen MR) is 202 cm³/mol. The molecule has 336 valence electrons. The van der Waals surface area contributed by atoms with Gasteiger partial charge in [0, 0.05) is 25.0 Å². The number of ether oxygens (including phenoxy) is 8. The van der Waals surface area contributed by atoms with Crippen LogP contribution in [0.3, 0.4) is 0 Å². The van der Waals surface area contributed by atoms with E-state index < -0.39 is 105 Å². The Balaban J connectivity index is 0.857. The average Bonchev–Trinajstić information content (AvgIpc) is 3.77. The summed E-state index contributed by atoms with van der Waals surface area (Å²) in [5, 5.41) is 85.0. The van der Waals surface area contributed by atoms with Crippen LogP contribution in [0, 0.1) is 34.5 Å². The molecule has 59 heavy (non-hydrogen) atoms. The maximum Gasteiger partial charge on any atom is 0.331 e. The van der Waals surface area contributed by atoms with Gasteiger partial charge in [-0.25, -0.2) is 4.79 Å². The van der Waals surface area contributed by atoms with Gasteiger partial charge in [-0.05, 0) is 99.4 Å². The van der Waals surface area contributed by atoms with Crippen LogP contribution in [0.2, 0.25) is 0 Å². The Hall–Kier alpha value is -1.39. The lowest BCUT2D eigenvalue weighted by Gasteiger charge is -2.64. The number of hydrogen-bond acceptors (Lipinski definition) is 17. The second-order valence-electron chi connectivity index (χ2n) is 19.3. The van der Waals surface area contributed by atoms with Gasteiger partial charge >= 0.3 is 5.97 Å². The SMILES string of the molecule is CO[C@@H]1C[C@H](O[C@H]2CC[C@@]3(C)[C@@H](CC[C@@H]4[C@@H]3CC[C@]3(C)[C@@H](C5=CC(=O)OC5)CC[C@]43O)C2)O[C@H](C)[C@@H]1O[C@@H]1O[C@H](CO[C@@H]2O[C@H](CO)[C@@H](O)[C@H](O)[C@H]2O)[C@@H](O)[C@H](O)[C@H]1O. The van der Waals surface area contributed by atoms with Crippen LogP contribution in [0.4, 0.5) is 0 Å². The lowest BCUT2D eigenvalue weighted by atomic mass is 9.43. The topological polar surface area (TPSA) is 253 Å². The molecule has 0 unspecified atom stereocenters. The van der Waals surface area contributed by atoms with E-state index in [1.807, 2.05) is 0 Å². The first-order valence-corrected chi connectivity index (χ1v) is 21.7. The van der Waals surface area contributed by atoms with Gasteiger partial charge in [-0.2, -0.15) is 0 Å². The van der Waals surface area contributed by atoms with Gasteiger partial charge in [0.05, 0.1) is 37.1 Å². The summed E-state index contributed by atoms with van der Waals surface area (Å²) in [5.41, 5.74) is 0.0761. The van der Waals surface area contributed by atoms with E-state index in [2.05, 4.69) is 13.8 Å². The zero-order valence-corrected chi connectivity index (χ0v) is 34.5. The van der Waals surface area contributed by atoms with E-state index >= 15 is 0 Å². The molecule has 0 aromatic carbocycles. The van der Waals surface area contributed by atoms with Gasteiger partial charge < -0.3 is 78.7 Å². The molecule has 17 heteroatoms. The maximum atomic E-state index is 12.6. The minimum Gasteiger partial charge on any atom is -0.458 e. The molecule has 22 atom stereocenters. The third kappa shape index (κ3) is 7.64. The van der Waals surface area contributed by atoms with Gasteiger partial charge in [0.25, 0.3) is 0 Å². The molecule has 0 aromatic rings. The molecule has 4 aliphatic heterocycles. The molecule has 4 heterocycles. The number of aliphatic hydroxyl groups is 8. The molecule has 17 nitrogen and oxygen atoms in total. The highest BCUT2D eigenvalue weighted by molar-refractivity contribution is 5.85. The number of rotatable bonds is 10. The van der Waals surface area contributed by atoms with Crippen LogP contribution < -0.4 is 0 Å². The van der Waals surface area contributed by atoms with E-state index in [9.17, 15) is 45.6 Å². The zero-order chi connectivity index (χ0) is 42.2. The summed E-state index contributed by atoms with van der Waals surface area (Å²) in [6, 6.07) is 0. The monoisotopic (exact) mass is 842 g/mol. The lowest BCUT2D eigenvalue weighted by molar-refractivity contribution is -0.355. The average molecular weight is 843 g/mol. The van der Waals surface area contributed by atoms with E-state index in [0.717, 1.165) is 63.4 Å². The molecule has 0 bridgehead atoms. The summed E-state index contributed by atoms with van der Waals surface area (Å²) in [5.74, 6) is 0.957. The van der Waals surface area contributed by atoms with Crippen molar-refractivity contribution in [1.29, 1.82) is 0 Å². The number of aliphatic hydroxyl groups excluding tert-OH is 7. The molecule has 4 aliphatic carbocycles. The van der Waals surface area contributed by atoms with Crippen LogP contribution in [-0.4, -0.2) is 171 Å². The minimum absolute atomic E-state index is 0.0268. The molecule has 8 aliphatic rings. The van der Waals surface area contributed by atoms with Crippen molar-refractivity contribution in [3.05, 3.63) is 11.6 Å². The number of cyclic esters (lactones) is 1. The van der Waals surface area contributed by atoms with Gasteiger partial charge in [0.2, 0.25) is 0 Å². The quantitative estimate of drug-likeness (QED) is 0.105. The highest BCUT2D eigenvalue weighted by Crippen LogP contribution is 2.70. The predicted octanol–water partition coefficient (Wildman–Crippen LogP) is -0.212. The fourth-order valence-corrected chi connectivity index (χ4v) is 12.9. The first-order chi connectivity index (χ1) is 28.0. The fourth-order valence-electron chi connectivity index (χ4n) is 12.9. The number of methoxy groups -OCH3 is 1. The van der Waals surface area contributed by atoms with Crippen molar-refractivity contribution in [3.63, 3.8) is 0 Å². The van der Waals surface area contributed by atoms with Gasteiger partial charge in [-0.3, -0.25) is 0 Å². The van der Waals surface area contributed by atoms with E-state index in [-0.39, 0.29) is 34.7 Å². The summed E-state index contributed by atoms with van der Waals surface area (Å²) >= 11 is 0. The summed E-state index contributed by atoms with van der Waals surface area (Å²) in [4.78, 5) is 12.0. The molecule has 8 N–H and O–H groups in total. The van der Waals surface area contributed by atoms with Crippen LogP contribution in [0.15, 0.2) is 11.6 Å². The standard InChI is InChI=1S/C42H66O17/c1-19-37(59-39-36(50)34(48)32(46)28(58-39)18-54-38-35(49)33(47)31(45)27(16-43)57-38)26(52-4)15-30(55-19)56-22-7-10-40(2)21(14-22)5-6-25-24(40)8-11-41(3)23(9-12-42(25,41)51)20-13-29(44)53-17-20/h13,19,21-28,30-39,43,45-51H,5-12,14-18H2,1-4H3/t19-,21+,22+,23-,24+,25-,26-,27-,28-,30+,31-,32-,33+,34+,35-,36-,37+,38-,39+,40+,41-,42+/m1/s1. The highest BCUT2D eigenvalue weighted by Gasteiger charge is 2.68. The van der Waals surface area contributed by atoms with Crippen molar-refractivity contribution in [1.82, 2.24) is 0 Å². The van der Waals surface area contributed by atoms with Crippen LogP contribution >= 0.6 is 0 Å². The van der Waals surface area contributed by atoms with Crippen molar-refractivity contribution < 1.29 is 83.5 Å². The van der Waals surface area contributed by atoms with Crippen molar-refractivity contribution in [2.45, 2.75) is 183 Å². The molecular weight excluding hydrogens is 776 g/mol. The molecule has 0 aromatic heterocycles. The van der Waals surface area contributed by atoms with Crippen LogP contribution in [0.25, 0.3) is 0 Å². The Bertz CT molecular complexity index is 1530. The minimum atomic E-state index is -1.70. The zero-order valence-electron chi connectivity index (χ0n) is 34.5. The Kier molecular flexibility index (Phi) is 12.7. The highest BCUT2D eigenvalue weighted by atomic mass is 16.8. The first kappa shape index (κ1) is 44.2. The molecule has 7 fully saturated rings.